The maximum atomic E-state index is 6.24. The van der Waals surface area contributed by atoms with E-state index in [1.807, 2.05) is 12.1 Å². The predicted octanol–water partition coefficient (Wildman–Crippen LogP) is 5.12. The maximum absolute atomic E-state index is 6.24. The molecular weight excluding hydrogens is 371 g/mol. The Morgan fingerprint density at radius 1 is 1.14 bits per heavy atom. The number of aryl methyl sites for hydroxylation is 2. The molecule has 2 rings (SSSR count). The van der Waals surface area contributed by atoms with E-state index in [0.717, 1.165) is 15.6 Å². The van der Waals surface area contributed by atoms with Gasteiger partial charge in [-0.15, -0.1) is 0 Å². The molecule has 0 aliphatic carbocycles. The molecule has 0 aliphatic heterocycles. The van der Waals surface area contributed by atoms with Crippen molar-refractivity contribution in [2.24, 2.45) is 5.84 Å². The summed E-state index contributed by atoms with van der Waals surface area (Å²) < 4.78 is 1.13. The van der Waals surface area contributed by atoms with Crippen molar-refractivity contribution in [3.8, 4) is 0 Å². The predicted molar refractivity (Wildman–Crippen MR) is 93.8 cm³/mol. The van der Waals surface area contributed by atoms with Crippen LogP contribution in [-0.4, -0.2) is 0 Å². The molecule has 0 amide bonds. The lowest BCUT2D eigenvalue weighted by Gasteiger charge is -2.19. The zero-order valence-corrected chi connectivity index (χ0v) is 15.0. The molecule has 2 aromatic carbocycles. The number of benzene rings is 2. The molecule has 0 saturated carbocycles. The van der Waals surface area contributed by atoms with Crippen LogP contribution >= 0.6 is 39.1 Å². The monoisotopic (exact) mass is 386 g/mol. The van der Waals surface area contributed by atoms with Crippen LogP contribution in [0.25, 0.3) is 0 Å². The van der Waals surface area contributed by atoms with Crippen molar-refractivity contribution in [1.82, 2.24) is 5.43 Å². The molecule has 2 nitrogen and oxygen atoms in total. The summed E-state index contributed by atoms with van der Waals surface area (Å²) in [6.45, 7) is 4.14. The van der Waals surface area contributed by atoms with E-state index in [9.17, 15) is 0 Å². The lowest BCUT2D eigenvalue weighted by atomic mass is 9.96. The molecule has 0 aliphatic rings. The van der Waals surface area contributed by atoms with E-state index in [2.05, 4.69) is 47.3 Å². The van der Waals surface area contributed by atoms with Gasteiger partial charge in [0, 0.05) is 14.5 Å². The van der Waals surface area contributed by atoms with Crippen LogP contribution in [0.5, 0.6) is 0 Å². The minimum absolute atomic E-state index is 0.0218. The number of nitrogens with two attached hydrogens (primary N) is 1. The summed E-state index contributed by atoms with van der Waals surface area (Å²) in [4.78, 5) is 0. The smallest absolute Gasteiger partial charge is 0.0501 e. The SMILES string of the molecule is Cc1cc(C(Cc2cc(Cl)ccc2Cl)NN)cc(C)c1Br. The average Bonchev–Trinajstić information content (AvgIpc) is 2.45. The van der Waals surface area contributed by atoms with Crippen molar-refractivity contribution in [3.63, 3.8) is 0 Å². The molecule has 0 bridgehead atoms. The van der Waals surface area contributed by atoms with Gasteiger partial charge in [0.15, 0.2) is 0 Å². The van der Waals surface area contributed by atoms with Gasteiger partial charge in [-0.05, 0) is 60.7 Å². The van der Waals surface area contributed by atoms with Gasteiger partial charge < -0.3 is 0 Å². The Labute approximate surface area is 143 Å². The molecule has 112 valence electrons. The number of hydrazine groups is 1. The number of halogens is 3. The molecule has 1 unspecified atom stereocenters. The molecule has 21 heavy (non-hydrogen) atoms. The zero-order valence-electron chi connectivity index (χ0n) is 11.9. The fourth-order valence-electron chi connectivity index (χ4n) is 2.37. The Morgan fingerprint density at radius 3 is 2.33 bits per heavy atom. The van der Waals surface area contributed by atoms with Gasteiger partial charge in [0.2, 0.25) is 0 Å². The highest BCUT2D eigenvalue weighted by molar-refractivity contribution is 9.10. The van der Waals surface area contributed by atoms with E-state index in [1.54, 1.807) is 6.07 Å². The zero-order chi connectivity index (χ0) is 15.6. The summed E-state index contributed by atoms with van der Waals surface area (Å²) in [5.41, 5.74) is 7.34. The van der Waals surface area contributed by atoms with E-state index in [4.69, 9.17) is 29.0 Å². The first-order chi connectivity index (χ1) is 9.92. The largest absolute Gasteiger partial charge is 0.271 e. The molecule has 2 aromatic rings. The summed E-state index contributed by atoms with van der Waals surface area (Å²) in [7, 11) is 0. The van der Waals surface area contributed by atoms with Crippen molar-refractivity contribution >= 4 is 39.1 Å². The first-order valence-electron chi connectivity index (χ1n) is 6.59. The van der Waals surface area contributed by atoms with Crippen LogP contribution in [0.1, 0.15) is 28.3 Å². The Morgan fingerprint density at radius 2 is 1.76 bits per heavy atom. The third-order valence-corrected chi connectivity index (χ3v) is 5.35. The lowest BCUT2D eigenvalue weighted by molar-refractivity contribution is 0.551. The molecule has 0 aromatic heterocycles. The minimum atomic E-state index is -0.0218. The van der Waals surface area contributed by atoms with Crippen molar-refractivity contribution < 1.29 is 0 Å². The number of nitrogens with one attached hydrogen (secondary N) is 1. The van der Waals surface area contributed by atoms with E-state index < -0.39 is 0 Å². The van der Waals surface area contributed by atoms with E-state index >= 15 is 0 Å². The van der Waals surface area contributed by atoms with Gasteiger partial charge in [-0.25, -0.2) is 0 Å². The van der Waals surface area contributed by atoms with Gasteiger partial charge in [0.1, 0.15) is 0 Å². The van der Waals surface area contributed by atoms with Gasteiger partial charge in [0.05, 0.1) is 6.04 Å². The lowest BCUT2D eigenvalue weighted by Crippen LogP contribution is -2.29. The van der Waals surface area contributed by atoms with Crippen molar-refractivity contribution in [3.05, 3.63) is 67.1 Å². The van der Waals surface area contributed by atoms with Gasteiger partial charge in [0.25, 0.3) is 0 Å². The third-order valence-electron chi connectivity index (χ3n) is 3.49. The molecule has 0 fully saturated rings. The Kier molecular flexibility index (Phi) is 5.69. The Balaban J connectivity index is 2.34. The molecule has 0 spiro atoms. The van der Waals surface area contributed by atoms with Crippen molar-refractivity contribution in [1.29, 1.82) is 0 Å². The summed E-state index contributed by atoms with van der Waals surface area (Å²) >= 11 is 15.9. The second kappa shape index (κ2) is 7.12. The highest BCUT2D eigenvalue weighted by Crippen LogP contribution is 2.29. The minimum Gasteiger partial charge on any atom is -0.271 e. The summed E-state index contributed by atoms with van der Waals surface area (Å²) in [6.07, 6.45) is 0.677. The van der Waals surface area contributed by atoms with Crippen LogP contribution in [-0.2, 0) is 6.42 Å². The van der Waals surface area contributed by atoms with E-state index in [-0.39, 0.29) is 6.04 Å². The Hall–Kier alpha value is -0.580. The molecule has 0 heterocycles. The van der Waals surface area contributed by atoms with E-state index in [1.165, 1.54) is 11.1 Å². The summed E-state index contributed by atoms with van der Waals surface area (Å²) in [6, 6.07) is 9.70. The van der Waals surface area contributed by atoms with Crippen LogP contribution in [0.4, 0.5) is 0 Å². The molecule has 1 atom stereocenters. The average molecular weight is 388 g/mol. The fourth-order valence-corrected chi connectivity index (χ4v) is 2.99. The number of rotatable bonds is 4. The summed E-state index contributed by atoms with van der Waals surface area (Å²) in [5.74, 6) is 5.74. The van der Waals surface area contributed by atoms with Gasteiger partial charge in [-0.1, -0.05) is 51.3 Å². The third kappa shape index (κ3) is 3.99. The second-order valence-corrected chi connectivity index (χ2v) is 6.76. The van der Waals surface area contributed by atoms with Gasteiger partial charge in [-0.3, -0.25) is 11.3 Å². The number of hydrogen-bond donors (Lipinski definition) is 2. The first kappa shape index (κ1) is 16.8. The highest BCUT2D eigenvalue weighted by Gasteiger charge is 2.15. The molecule has 5 heteroatoms. The topological polar surface area (TPSA) is 38.0 Å². The molecular formula is C16H17BrCl2N2. The van der Waals surface area contributed by atoms with Gasteiger partial charge in [-0.2, -0.15) is 0 Å². The standard InChI is InChI=1S/C16H17BrCl2N2/c1-9-5-12(6-10(2)16(9)17)15(21-20)8-11-7-13(18)3-4-14(11)19/h3-7,15,21H,8,20H2,1-2H3. The van der Waals surface area contributed by atoms with Crippen LogP contribution in [0.2, 0.25) is 10.0 Å². The quantitative estimate of drug-likeness (QED) is 0.564. The molecule has 0 saturated heterocycles. The van der Waals surface area contributed by atoms with Crippen LogP contribution < -0.4 is 11.3 Å². The van der Waals surface area contributed by atoms with Crippen molar-refractivity contribution in [2.75, 3.05) is 0 Å². The first-order valence-corrected chi connectivity index (χ1v) is 8.14. The highest BCUT2D eigenvalue weighted by atomic mass is 79.9. The van der Waals surface area contributed by atoms with Crippen LogP contribution in [0.15, 0.2) is 34.8 Å². The van der Waals surface area contributed by atoms with Crippen molar-refractivity contribution in [2.45, 2.75) is 26.3 Å². The Bertz CT molecular complexity index is 636. The van der Waals surface area contributed by atoms with Crippen LogP contribution in [0, 0.1) is 13.8 Å². The molecule has 0 radical (unpaired) electrons. The second-order valence-electron chi connectivity index (χ2n) is 5.13. The molecule has 3 N–H and O–H groups in total. The maximum Gasteiger partial charge on any atom is 0.0501 e. The fraction of sp³-hybridized carbons (Fsp3) is 0.250. The number of hydrogen-bond acceptors (Lipinski definition) is 2. The van der Waals surface area contributed by atoms with Crippen LogP contribution in [0.3, 0.4) is 0 Å². The summed E-state index contributed by atoms with van der Waals surface area (Å²) in [5, 5.41) is 1.37. The van der Waals surface area contributed by atoms with Gasteiger partial charge >= 0.3 is 0 Å². The van der Waals surface area contributed by atoms with E-state index in [0.29, 0.717) is 16.5 Å². The normalized spacial score (nSPS) is 12.5.